The molecule has 0 N–H and O–H groups in total. The quantitative estimate of drug-likeness (QED) is 0.717. The van der Waals surface area contributed by atoms with E-state index >= 15 is 4.39 Å². The Hall–Kier alpha value is -2.47. The Morgan fingerprint density at radius 1 is 1.33 bits per heavy atom. The third-order valence-electron chi connectivity index (χ3n) is 4.36. The van der Waals surface area contributed by atoms with Crippen molar-refractivity contribution in [3.63, 3.8) is 0 Å². The molecule has 3 aromatic rings. The molecule has 2 aromatic heterocycles. The summed E-state index contributed by atoms with van der Waals surface area (Å²) in [7, 11) is 0. The van der Waals surface area contributed by atoms with Crippen LogP contribution in [0.15, 0.2) is 48.9 Å². The van der Waals surface area contributed by atoms with Gasteiger partial charge >= 0.3 is 0 Å². The number of fused-ring (bicyclic) bond motifs is 1. The topological polar surface area (TPSA) is 50.5 Å². The fraction of sp³-hybridized carbons (Fsp3) is 0.235. The minimum atomic E-state index is -1.59. The maximum absolute atomic E-state index is 15.3. The van der Waals surface area contributed by atoms with Crippen molar-refractivity contribution in [2.75, 3.05) is 13.1 Å². The van der Waals surface area contributed by atoms with E-state index in [1.807, 2.05) is 0 Å². The third kappa shape index (κ3) is 2.43. The highest BCUT2D eigenvalue weighted by Crippen LogP contribution is 2.37. The highest BCUT2D eigenvalue weighted by atomic mass is 35.5. The second-order valence-corrected chi connectivity index (χ2v) is 6.33. The molecule has 0 spiro atoms. The van der Waals surface area contributed by atoms with Gasteiger partial charge in [-0.05, 0) is 23.8 Å². The predicted molar refractivity (Wildman–Crippen MR) is 87.7 cm³/mol. The molecule has 7 heteroatoms. The molecule has 1 aliphatic rings. The maximum atomic E-state index is 15.3. The molecule has 1 fully saturated rings. The fourth-order valence-electron chi connectivity index (χ4n) is 3.10. The van der Waals surface area contributed by atoms with Crippen molar-refractivity contribution >= 4 is 23.2 Å². The van der Waals surface area contributed by atoms with Crippen molar-refractivity contribution < 1.29 is 9.18 Å². The summed E-state index contributed by atoms with van der Waals surface area (Å²) in [6.07, 6.45) is 5.03. The van der Waals surface area contributed by atoms with E-state index < -0.39 is 5.67 Å². The number of nitrogens with zero attached hydrogens (tertiary/aromatic N) is 4. The first-order chi connectivity index (χ1) is 11.6. The number of benzene rings is 1. The molecule has 0 radical (unpaired) electrons. The van der Waals surface area contributed by atoms with Crippen molar-refractivity contribution in [3.05, 3.63) is 65.1 Å². The average Bonchev–Trinajstić information content (AvgIpc) is 3.19. The second kappa shape index (κ2) is 5.56. The van der Waals surface area contributed by atoms with Crippen molar-refractivity contribution in [2.45, 2.75) is 12.1 Å². The summed E-state index contributed by atoms with van der Waals surface area (Å²) < 4.78 is 16.8. The van der Waals surface area contributed by atoms with Gasteiger partial charge < -0.3 is 4.90 Å². The van der Waals surface area contributed by atoms with Crippen LogP contribution >= 0.6 is 11.6 Å². The van der Waals surface area contributed by atoms with Crippen LogP contribution in [0, 0.1) is 0 Å². The monoisotopic (exact) mass is 344 g/mol. The van der Waals surface area contributed by atoms with Crippen molar-refractivity contribution in [2.24, 2.45) is 0 Å². The first kappa shape index (κ1) is 15.1. The smallest absolute Gasteiger partial charge is 0.259 e. The van der Waals surface area contributed by atoms with Crippen molar-refractivity contribution in [1.82, 2.24) is 19.5 Å². The first-order valence-corrected chi connectivity index (χ1v) is 7.97. The van der Waals surface area contributed by atoms with Gasteiger partial charge in [0.05, 0.1) is 12.7 Å². The molecule has 1 saturated heterocycles. The van der Waals surface area contributed by atoms with Gasteiger partial charge in [-0.2, -0.15) is 5.10 Å². The van der Waals surface area contributed by atoms with Gasteiger partial charge in [-0.15, -0.1) is 0 Å². The van der Waals surface area contributed by atoms with E-state index in [-0.39, 0.29) is 18.9 Å². The summed E-state index contributed by atoms with van der Waals surface area (Å²) in [4.78, 5) is 18.4. The Bertz CT molecular complexity index is 928. The molecular weight excluding hydrogens is 331 g/mol. The molecule has 0 saturated carbocycles. The van der Waals surface area contributed by atoms with Crippen molar-refractivity contribution in [3.8, 4) is 0 Å². The van der Waals surface area contributed by atoms with Crippen LogP contribution in [0.1, 0.15) is 22.3 Å². The summed E-state index contributed by atoms with van der Waals surface area (Å²) in [5.74, 6) is -0.259. The lowest BCUT2D eigenvalue weighted by atomic mass is 9.95. The number of hydrogen-bond donors (Lipinski definition) is 0. The molecule has 1 amide bonds. The highest BCUT2D eigenvalue weighted by Gasteiger charge is 2.42. The molecule has 3 heterocycles. The van der Waals surface area contributed by atoms with Crippen molar-refractivity contribution in [1.29, 1.82) is 0 Å². The average molecular weight is 345 g/mol. The molecule has 0 unspecified atom stereocenters. The zero-order valence-electron chi connectivity index (χ0n) is 12.7. The molecule has 1 atom stereocenters. The van der Waals surface area contributed by atoms with E-state index in [1.54, 1.807) is 42.7 Å². The Morgan fingerprint density at radius 3 is 3.04 bits per heavy atom. The molecule has 122 valence electrons. The fourth-order valence-corrected chi connectivity index (χ4v) is 3.29. The number of hydrogen-bond acceptors (Lipinski definition) is 3. The van der Waals surface area contributed by atoms with Crippen LogP contribution in [-0.4, -0.2) is 38.5 Å². The minimum Gasteiger partial charge on any atom is -0.335 e. The number of halogens is 2. The number of amides is 1. The first-order valence-electron chi connectivity index (χ1n) is 7.59. The van der Waals surface area contributed by atoms with E-state index in [1.165, 1.54) is 15.6 Å². The molecule has 4 rings (SSSR count). The van der Waals surface area contributed by atoms with Crippen LogP contribution in [0.2, 0.25) is 5.02 Å². The van der Waals surface area contributed by atoms with Gasteiger partial charge in [0.2, 0.25) is 0 Å². The van der Waals surface area contributed by atoms with Crippen LogP contribution in [-0.2, 0) is 5.67 Å². The summed E-state index contributed by atoms with van der Waals surface area (Å²) in [6.45, 7) is 0.336. The molecule has 1 aliphatic heterocycles. The Morgan fingerprint density at radius 2 is 2.21 bits per heavy atom. The second-order valence-electron chi connectivity index (χ2n) is 5.90. The van der Waals surface area contributed by atoms with E-state index in [0.29, 0.717) is 28.3 Å². The van der Waals surface area contributed by atoms with Gasteiger partial charge in [0.1, 0.15) is 5.56 Å². The molecular formula is C17H14ClFN4O. The summed E-state index contributed by atoms with van der Waals surface area (Å²) in [5.41, 5.74) is -0.229. The maximum Gasteiger partial charge on any atom is 0.259 e. The van der Waals surface area contributed by atoms with Gasteiger partial charge in [-0.1, -0.05) is 23.7 Å². The number of alkyl halides is 1. The van der Waals surface area contributed by atoms with Gasteiger partial charge in [0.15, 0.2) is 11.3 Å². The highest BCUT2D eigenvalue weighted by molar-refractivity contribution is 6.30. The normalized spacial score (nSPS) is 20.7. The number of carbonyl (C=O) groups is 1. The summed E-state index contributed by atoms with van der Waals surface area (Å²) in [5, 5.41) is 4.60. The standard InChI is InChI=1S/C17H14ClFN4O/c18-13-4-1-3-12(9-13)17(19)5-8-22(11-17)16(24)14-10-21-23-7-2-6-20-15(14)23/h1-4,6-7,9-10H,5,8,11H2/t17-/m1/s1. The minimum absolute atomic E-state index is 0.00362. The Labute approximate surface area is 142 Å². The molecule has 0 aliphatic carbocycles. The largest absolute Gasteiger partial charge is 0.335 e. The van der Waals surface area contributed by atoms with E-state index in [2.05, 4.69) is 10.1 Å². The number of rotatable bonds is 2. The lowest BCUT2D eigenvalue weighted by Gasteiger charge is -2.21. The number of carbonyl (C=O) groups excluding carboxylic acids is 1. The van der Waals surface area contributed by atoms with Gasteiger partial charge in [0.25, 0.3) is 5.91 Å². The SMILES string of the molecule is O=C(c1cnn2cccnc12)N1CC[C@](F)(c2cccc(Cl)c2)C1. The predicted octanol–water partition coefficient (Wildman–Crippen LogP) is 3.09. The third-order valence-corrected chi connectivity index (χ3v) is 4.59. The van der Waals surface area contributed by atoms with Crippen LogP contribution < -0.4 is 0 Å². The van der Waals surface area contributed by atoms with Gasteiger partial charge in [-0.3, -0.25) is 4.79 Å². The number of likely N-dealkylation sites (tertiary alicyclic amines) is 1. The van der Waals surface area contributed by atoms with Crippen LogP contribution in [0.4, 0.5) is 4.39 Å². The van der Waals surface area contributed by atoms with Crippen LogP contribution in [0.3, 0.4) is 0 Å². The Kier molecular flexibility index (Phi) is 3.49. The molecule has 24 heavy (non-hydrogen) atoms. The van der Waals surface area contributed by atoms with E-state index in [0.717, 1.165) is 0 Å². The summed E-state index contributed by atoms with van der Waals surface area (Å²) in [6, 6.07) is 8.48. The summed E-state index contributed by atoms with van der Waals surface area (Å²) >= 11 is 5.96. The van der Waals surface area contributed by atoms with Crippen LogP contribution in [0.5, 0.6) is 0 Å². The number of aromatic nitrogens is 3. The molecule has 0 bridgehead atoms. The molecule has 1 aromatic carbocycles. The zero-order valence-corrected chi connectivity index (χ0v) is 13.4. The molecule has 5 nitrogen and oxygen atoms in total. The van der Waals surface area contributed by atoms with Gasteiger partial charge in [-0.25, -0.2) is 13.9 Å². The Balaban J connectivity index is 1.61. The van der Waals surface area contributed by atoms with Gasteiger partial charge in [0, 0.05) is 30.4 Å². The lowest BCUT2D eigenvalue weighted by Crippen LogP contribution is -2.32. The van der Waals surface area contributed by atoms with Crippen LogP contribution in [0.25, 0.3) is 5.65 Å². The van der Waals surface area contributed by atoms with E-state index in [4.69, 9.17) is 11.6 Å². The van der Waals surface area contributed by atoms with E-state index in [9.17, 15) is 4.79 Å². The zero-order chi connectivity index (χ0) is 16.7. The lowest BCUT2D eigenvalue weighted by molar-refractivity contribution is 0.0752.